The number of hydrogen-bond donors (Lipinski definition) is 3. The van der Waals surface area contributed by atoms with E-state index in [4.69, 9.17) is 26.1 Å². The van der Waals surface area contributed by atoms with Gasteiger partial charge in [-0.2, -0.15) is 4.98 Å². The Kier molecular flexibility index (Phi) is 11.5. The van der Waals surface area contributed by atoms with E-state index >= 15 is 0 Å². The number of carbonyl (C=O) groups is 4. The Morgan fingerprint density at radius 2 is 1.75 bits per heavy atom. The summed E-state index contributed by atoms with van der Waals surface area (Å²) in [5.74, 6) is -0.924. The summed E-state index contributed by atoms with van der Waals surface area (Å²) in [6, 6.07) is 9.11. The van der Waals surface area contributed by atoms with Crippen molar-refractivity contribution in [3.63, 3.8) is 0 Å². The van der Waals surface area contributed by atoms with E-state index in [1.807, 2.05) is 32.0 Å². The SMILES string of the molecule is CNC(=O)COc1cc2cc(Nc3nc(N4CCC(OC5CCC6(CC5)CN(c5cc(F)cc7c5CN(C5CCC(=O)NC5=O)C7=O)C6)CC4)ncc3Cl)ccc2n(C(C)C)c1=O. The standard InChI is InChI=1S/C45H51ClFN9O7/c1-25(2)56-34-5-4-28(16-26(34)17-37(43(56)61)62-22-39(58)48-3)50-40-33(46)20-49-44(52-40)53-14-10-30(11-15-53)63-29-8-12-45(13-9-29)23-54(24-45)36-19-27(47)18-31-32(36)21-55(42(31)60)35-6-7-38(57)51-41(35)59/h4-5,16-20,25,29-30,35H,6-15,21-24H2,1-3H3,(H,48,58)(H,49,50,52)(H,51,57,59). The molecule has 4 aliphatic heterocycles. The second kappa shape index (κ2) is 17.1. The molecule has 1 saturated carbocycles. The van der Waals surface area contributed by atoms with Crippen molar-refractivity contribution in [1.29, 1.82) is 0 Å². The number of carbonyl (C=O) groups excluding carboxylic acids is 4. The van der Waals surface area contributed by atoms with Crippen LogP contribution in [0.4, 0.5) is 27.5 Å². The van der Waals surface area contributed by atoms with Gasteiger partial charge in [0.1, 0.15) is 16.9 Å². The fourth-order valence-corrected chi connectivity index (χ4v) is 10.0. The molecule has 2 aromatic carbocycles. The summed E-state index contributed by atoms with van der Waals surface area (Å²) in [5, 5.41) is 9.25. The molecule has 63 heavy (non-hydrogen) atoms. The van der Waals surface area contributed by atoms with E-state index in [-0.39, 0.29) is 78.7 Å². The fourth-order valence-electron chi connectivity index (χ4n) is 9.91. The Labute approximate surface area is 368 Å². The van der Waals surface area contributed by atoms with Gasteiger partial charge in [-0.1, -0.05) is 11.6 Å². The number of fused-ring (bicyclic) bond motifs is 2. The Balaban J connectivity index is 0.777. The molecule has 4 amide bonds. The van der Waals surface area contributed by atoms with E-state index in [0.717, 1.165) is 81.2 Å². The largest absolute Gasteiger partial charge is 0.478 e. The number of pyridine rings is 1. The van der Waals surface area contributed by atoms with Crippen LogP contribution in [0.25, 0.3) is 10.9 Å². The zero-order valence-electron chi connectivity index (χ0n) is 35.5. The maximum Gasteiger partial charge on any atom is 0.293 e. The van der Waals surface area contributed by atoms with E-state index in [1.165, 1.54) is 24.1 Å². The van der Waals surface area contributed by atoms with Crippen LogP contribution in [0, 0.1) is 11.2 Å². The second-order valence-electron chi connectivity index (χ2n) is 17.7. The molecule has 18 heteroatoms. The van der Waals surface area contributed by atoms with Crippen molar-refractivity contribution in [2.75, 3.05) is 55.0 Å². The van der Waals surface area contributed by atoms with Crippen LogP contribution in [-0.4, -0.2) is 101 Å². The van der Waals surface area contributed by atoms with Crippen LogP contribution < -0.4 is 36.0 Å². The lowest BCUT2D eigenvalue weighted by atomic mass is 9.67. The topological polar surface area (TPSA) is 180 Å². The van der Waals surface area contributed by atoms with Gasteiger partial charge in [0.05, 0.1) is 23.9 Å². The first kappa shape index (κ1) is 42.5. The number of anilines is 4. The second-order valence-corrected chi connectivity index (χ2v) is 18.1. The highest BCUT2D eigenvalue weighted by molar-refractivity contribution is 6.33. The molecule has 1 atom stereocenters. The maximum absolute atomic E-state index is 14.9. The van der Waals surface area contributed by atoms with Gasteiger partial charge in [0, 0.05) is 85.5 Å². The van der Waals surface area contributed by atoms with Gasteiger partial charge < -0.3 is 39.4 Å². The van der Waals surface area contributed by atoms with Gasteiger partial charge in [0.25, 0.3) is 17.4 Å². The third-order valence-electron chi connectivity index (χ3n) is 13.2. The molecular weight excluding hydrogens is 833 g/mol. The van der Waals surface area contributed by atoms with Crippen LogP contribution in [0.15, 0.2) is 47.4 Å². The van der Waals surface area contributed by atoms with Gasteiger partial charge in [-0.05, 0) is 95.2 Å². The van der Waals surface area contributed by atoms with E-state index in [9.17, 15) is 28.4 Å². The van der Waals surface area contributed by atoms with Crippen LogP contribution in [0.2, 0.25) is 5.02 Å². The first-order valence-electron chi connectivity index (χ1n) is 21.7. The molecule has 9 rings (SSSR count). The quantitative estimate of drug-likeness (QED) is 0.167. The highest BCUT2D eigenvalue weighted by atomic mass is 35.5. The molecule has 1 spiro atoms. The van der Waals surface area contributed by atoms with Gasteiger partial charge >= 0.3 is 0 Å². The first-order valence-corrected chi connectivity index (χ1v) is 22.1. The number of aromatic nitrogens is 3. The van der Waals surface area contributed by atoms with Gasteiger partial charge in [-0.25, -0.2) is 9.37 Å². The number of piperidine rings is 2. The average molecular weight is 884 g/mol. The Hall–Kier alpha value is -5.81. The summed E-state index contributed by atoms with van der Waals surface area (Å²) in [6.45, 7) is 6.76. The number of halogens is 2. The molecule has 16 nitrogen and oxygen atoms in total. The van der Waals surface area contributed by atoms with Gasteiger partial charge in [-0.3, -0.25) is 29.3 Å². The molecule has 6 heterocycles. The van der Waals surface area contributed by atoms with Crippen molar-refractivity contribution in [2.24, 2.45) is 5.41 Å². The monoisotopic (exact) mass is 883 g/mol. The highest BCUT2D eigenvalue weighted by Gasteiger charge is 2.48. The normalized spacial score (nSPS) is 20.3. The lowest BCUT2D eigenvalue weighted by Gasteiger charge is -2.55. The number of nitrogens with one attached hydrogen (secondary N) is 3. The van der Waals surface area contributed by atoms with Crippen molar-refractivity contribution in [3.05, 3.63) is 74.9 Å². The van der Waals surface area contributed by atoms with Crippen LogP contribution in [-0.2, 0) is 25.7 Å². The summed E-state index contributed by atoms with van der Waals surface area (Å²) in [5.41, 5.74) is 2.97. The zero-order valence-corrected chi connectivity index (χ0v) is 36.3. The van der Waals surface area contributed by atoms with Crippen LogP contribution in [0.3, 0.4) is 0 Å². The molecule has 3 N–H and O–H groups in total. The fraction of sp³-hybridized carbons (Fsp3) is 0.489. The highest BCUT2D eigenvalue weighted by Crippen LogP contribution is 2.48. The molecule has 1 unspecified atom stereocenters. The van der Waals surface area contributed by atoms with Crippen LogP contribution in [0.1, 0.15) is 87.2 Å². The third-order valence-corrected chi connectivity index (χ3v) is 13.5. The molecular formula is C45H51ClFN9O7. The maximum atomic E-state index is 14.9. The number of likely N-dealkylation sites (N-methyl/N-ethyl adjacent to an activating group) is 1. The summed E-state index contributed by atoms with van der Waals surface area (Å²) in [6.07, 6.45) is 7.85. The number of hydrogen-bond acceptors (Lipinski definition) is 12. The molecule has 1 aliphatic carbocycles. The number of benzene rings is 2. The Morgan fingerprint density at radius 3 is 2.46 bits per heavy atom. The summed E-state index contributed by atoms with van der Waals surface area (Å²) >= 11 is 6.60. The summed E-state index contributed by atoms with van der Waals surface area (Å²) in [7, 11) is 1.51. The molecule has 332 valence electrons. The average Bonchev–Trinajstić information content (AvgIpc) is 3.58. The minimum Gasteiger partial charge on any atom is -0.478 e. The van der Waals surface area contributed by atoms with E-state index in [1.54, 1.807) is 16.8 Å². The minimum atomic E-state index is -0.747. The third kappa shape index (κ3) is 8.40. The summed E-state index contributed by atoms with van der Waals surface area (Å²) in [4.78, 5) is 77.9. The zero-order chi connectivity index (χ0) is 44.2. The Bertz CT molecular complexity index is 2550. The van der Waals surface area contributed by atoms with Crippen molar-refractivity contribution < 1.29 is 33.0 Å². The van der Waals surface area contributed by atoms with Gasteiger partial charge in [0.15, 0.2) is 18.2 Å². The molecule has 0 radical (unpaired) electrons. The smallest absolute Gasteiger partial charge is 0.293 e. The van der Waals surface area contributed by atoms with Crippen LogP contribution in [0.5, 0.6) is 5.75 Å². The number of imide groups is 1. The van der Waals surface area contributed by atoms with Gasteiger partial charge in [-0.15, -0.1) is 0 Å². The predicted molar refractivity (Wildman–Crippen MR) is 234 cm³/mol. The van der Waals surface area contributed by atoms with Crippen LogP contribution >= 0.6 is 11.6 Å². The lowest BCUT2D eigenvalue weighted by Crippen LogP contribution is -2.58. The molecule has 0 bridgehead atoms. The predicted octanol–water partition coefficient (Wildman–Crippen LogP) is 5.23. The van der Waals surface area contributed by atoms with Gasteiger partial charge in [0.2, 0.25) is 17.8 Å². The lowest BCUT2D eigenvalue weighted by molar-refractivity contribution is -0.137. The molecule has 2 aromatic heterocycles. The number of rotatable bonds is 11. The van der Waals surface area contributed by atoms with E-state index in [2.05, 4.69) is 30.7 Å². The molecule has 4 fully saturated rings. The molecule has 5 aliphatic rings. The number of amides is 4. The van der Waals surface area contributed by atoms with Crippen molar-refractivity contribution in [3.8, 4) is 5.75 Å². The molecule has 3 saturated heterocycles. The van der Waals surface area contributed by atoms with Crippen molar-refractivity contribution in [1.82, 2.24) is 30.1 Å². The molecule has 4 aromatic rings. The number of nitrogens with zero attached hydrogens (tertiary/aromatic N) is 6. The van der Waals surface area contributed by atoms with E-state index < -0.39 is 17.8 Å². The first-order chi connectivity index (χ1) is 30.3. The van der Waals surface area contributed by atoms with Crippen molar-refractivity contribution in [2.45, 2.75) is 96.1 Å². The summed E-state index contributed by atoms with van der Waals surface area (Å²) < 4.78 is 28.8. The van der Waals surface area contributed by atoms with Crippen molar-refractivity contribution >= 4 is 69.3 Å². The van der Waals surface area contributed by atoms with E-state index in [0.29, 0.717) is 33.7 Å². The number of ether oxygens (including phenoxy) is 2. The Morgan fingerprint density at radius 1 is 1.00 bits per heavy atom. The minimum absolute atomic E-state index is 0.0819.